The molecule has 1 aromatic carbocycles. The van der Waals surface area contributed by atoms with E-state index in [2.05, 4.69) is 25.3 Å². The molecule has 0 spiro atoms. The number of aryl methyl sites for hydroxylation is 2. The first-order valence-corrected chi connectivity index (χ1v) is 7.25. The fourth-order valence-electron chi connectivity index (χ4n) is 1.97. The van der Waals surface area contributed by atoms with Crippen molar-refractivity contribution in [3.8, 4) is 0 Å². The molecule has 2 heterocycles. The molecule has 106 valence electrons. The van der Waals surface area contributed by atoms with Crippen LogP contribution >= 0.6 is 11.3 Å². The minimum absolute atomic E-state index is 0.254. The van der Waals surface area contributed by atoms with Crippen LogP contribution in [0.1, 0.15) is 11.4 Å². The summed E-state index contributed by atoms with van der Waals surface area (Å²) < 4.78 is 1.09. The number of fused-ring (bicyclic) bond motifs is 1. The normalized spacial score (nSPS) is 11.8. The van der Waals surface area contributed by atoms with Crippen LogP contribution < -0.4 is 11.1 Å². The molecule has 0 aliphatic carbocycles. The first-order valence-electron chi connectivity index (χ1n) is 6.37. The lowest BCUT2D eigenvalue weighted by Gasteiger charge is -2.05. The van der Waals surface area contributed by atoms with E-state index in [0.29, 0.717) is 5.95 Å². The fraction of sp³-hybridized carbons (Fsp3) is 0.143. The Labute approximate surface area is 125 Å². The average molecular weight is 298 g/mol. The maximum atomic E-state index is 5.90. The molecule has 21 heavy (non-hydrogen) atoms. The maximum Gasteiger partial charge on any atom is 0.253 e. The number of aromatic nitrogens is 3. The minimum atomic E-state index is 0.254. The molecular weight excluding hydrogens is 284 g/mol. The van der Waals surface area contributed by atoms with E-state index in [9.17, 15) is 0 Å². The van der Waals surface area contributed by atoms with E-state index >= 15 is 0 Å². The predicted molar refractivity (Wildman–Crippen MR) is 86.0 cm³/mol. The van der Waals surface area contributed by atoms with Gasteiger partial charge in [-0.2, -0.15) is 4.99 Å². The molecule has 3 rings (SSSR count). The van der Waals surface area contributed by atoms with Crippen molar-refractivity contribution in [2.75, 3.05) is 5.32 Å². The van der Waals surface area contributed by atoms with Gasteiger partial charge < -0.3 is 11.1 Å². The molecule has 0 unspecified atom stereocenters. The Morgan fingerprint density at radius 2 is 1.95 bits per heavy atom. The van der Waals surface area contributed by atoms with Gasteiger partial charge in [0.1, 0.15) is 0 Å². The van der Waals surface area contributed by atoms with Crippen LogP contribution in [-0.2, 0) is 0 Å². The number of nitrogens with zero attached hydrogens (tertiary/aromatic N) is 4. The van der Waals surface area contributed by atoms with E-state index in [4.69, 9.17) is 5.73 Å². The Morgan fingerprint density at radius 3 is 2.71 bits per heavy atom. The number of hydrogen-bond acceptors (Lipinski definition) is 5. The Balaban J connectivity index is 1.84. The molecule has 2 aromatic heterocycles. The van der Waals surface area contributed by atoms with Gasteiger partial charge in [-0.1, -0.05) is 0 Å². The number of thiazole rings is 1. The van der Waals surface area contributed by atoms with Gasteiger partial charge in [0.05, 0.1) is 15.7 Å². The summed E-state index contributed by atoms with van der Waals surface area (Å²) in [5.41, 5.74) is 11.3. The molecular formula is C14H14N6S. The molecule has 0 bridgehead atoms. The maximum absolute atomic E-state index is 5.90. The highest BCUT2D eigenvalue weighted by Gasteiger charge is 2.02. The van der Waals surface area contributed by atoms with Crippen molar-refractivity contribution in [2.24, 2.45) is 10.7 Å². The summed E-state index contributed by atoms with van der Waals surface area (Å²) in [6, 6.07) is 7.72. The lowest BCUT2D eigenvalue weighted by Crippen LogP contribution is -2.22. The third-order valence-electron chi connectivity index (χ3n) is 2.79. The summed E-state index contributed by atoms with van der Waals surface area (Å²) in [4.78, 5) is 16.9. The van der Waals surface area contributed by atoms with Crippen molar-refractivity contribution in [1.82, 2.24) is 15.0 Å². The average Bonchev–Trinajstić information content (AvgIpc) is 2.84. The van der Waals surface area contributed by atoms with Crippen LogP contribution in [0.2, 0.25) is 0 Å². The number of nitrogens with one attached hydrogen (secondary N) is 1. The van der Waals surface area contributed by atoms with Crippen LogP contribution in [0, 0.1) is 13.8 Å². The molecule has 0 radical (unpaired) electrons. The van der Waals surface area contributed by atoms with Gasteiger partial charge in [-0.3, -0.25) is 0 Å². The Hall–Kier alpha value is -2.54. The highest BCUT2D eigenvalue weighted by Crippen LogP contribution is 2.21. The molecule has 0 amide bonds. The second kappa shape index (κ2) is 5.45. The number of nitrogens with two attached hydrogens (primary N) is 1. The van der Waals surface area contributed by atoms with Gasteiger partial charge in [-0.25, -0.2) is 15.0 Å². The van der Waals surface area contributed by atoms with Crippen LogP contribution in [0.4, 0.5) is 11.6 Å². The second-order valence-corrected chi connectivity index (χ2v) is 5.49. The standard InChI is InChI=1S/C14H14N6S/c1-8-5-9(2)18-14(17-8)20-13(15)19-10-3-4-11-12(6-10)21-7-16-11/h3-7H,1-2H3,(H3,15,17,18,19,20). The van der Waals surface area contributed by atoms with Crippen LogP contribution in [-0.4, -0.2) is 20.9 Å². The zero-order valence-corrected chi connectivity index (χ0v) is 12.5. The molecule has 0 atom stereocenters. The summed E-state index contributed by atoms with van der Waals surface area (Å²) in [6.07, 6.45) is 0. The molecule has 0 saturated heterocycles. The Bertz CT molecular complexity index is 803. The molecule has 0 fully saturated rings. The van der Waals surface area contributed by atoms with Crippen molar-refractivity contribution in [1.29, 1.82) is 0 Å². The number of hydrogen-bond donors (Lipinski definition) is 2. The third kappa shape index (κ3) is 3.14. The minimum Gasteiger partial charge on any atom is -0.369 e. The molecule has 3 N–H and O–H groups in total. The van der Waals surface area contributed by atoms with E-state index in [0.717, 1.165) is 27.3 Å². The number of benzene rings is 1. The first-order chi connectivity index (χ1) is 10.1. The smallest absolute Gasteiger partial charge is 0.253 e. The Morgan fingerprint density at radius 1 is 1.19 bits per heavy atom. The van der Waals surface area contributed by atoms with Crippen molar-refractivity contribution in [2.45, 2.75) is 13.8 Å². The van der Waals surface area contributed by atoms with Gasteiger partial charge in [0.2, 0.25) is 5.96 Å². The number of guanidine groups is 1. The summed E-state index contributed by atoms with van der Waals surface area (Å²) in [5.74, 6) is 0.611. The molecule has 6 nitrogen and oxygen atoms in total. The molecule has 3 aromatic rings. The number of anilines is 1. The van der Waals surface area contributed by atoms with Crippen molar-refractivity contribution >= 4 is 39.1 Å². The largest absolute Gasteiger partial charge is 0.369 e. The van der Waals surface area contributed by atoms with Crippen molar-refractivity contribution in [3.63, 3.8) is 0 Å². The van der Waals surface area contributed by atoms with E-state index in [1.807, 2.05) is 43.6 Å². The fourth-order valence-corrected chi connectivity index (χ4v) is 2.69. The van der Waals surface area contributed by atoms with Gasteiger partial charge in [-0.15, -0.1) is 11.3 Å². The lowest BCUT2D eigenvalue weighted by atomic mass is 10.3. The quantitative estimate of drug-likeness (QED) is 0.561. The van der Waals surface area contributed by atoms with Gasteiger partial charge in [0.15, 0.2) is 0 Å². The van der Waals surface area contributed by atoms with Crippen LogP contribution in [0.25, 0.3) is 10.2 Å². The highest BCUT2D eigenvalue weighted by molar-refractivity contribution is 7.16. The van der Waals surface area contributed by atoms with E-state index in [-0.39, 0.29) is 5.96 Å². The predicted octanol–water partition coefficient (Wildman–Crippen LogP) is 2.76. The number of aliphatic imine (C=N–C) groups is 1. The summed E-state index contributed by atoms with van der Waals surface area (Å²) in [6.45, 7) is 3.80. The first kappa shape index (κ1) is 13.4. The Kier molecular flexibility index (Phi) is 3.49. The zero-order chi connectivity index (χ0) is 14.8. The molecule has 7 heteroatoms. The van der Waals surface area contributed by atoms with Crippen LogP contribution in [0.5, 0.6) is 0 Å². The molecule has 0 aliphatic rings. The third-order valence-corrected chi connectivity index (χ3v) is 3.59. The van der Waals surface area contributed by atoms with Gasteiger partial charge in [-0.05, 0) is 38.1 Å². The number of rotatable bonds is 2. The van der Waals surface area contributed by atoms with Crippen molar-refractivity contribution < 1.29 is 0 Å². The summed E-state index contributed by atoms with van der Waals surface area (Å²) >= 11 is 1.58. The lowest BCUT2D eigenvalue weighted by molar-refractivity contribution is 1.04. The molecule has 0 aliphatic heterocycles. The highest BCUT2D eigenvalue weighted by atomic mass is 32.1. The van der Waals surface area contributed by atoms with Gasteiger partial charge in [0.25, 0.3) is 5.95 Å². The van der Waals surface area contributed by atoms with E-state index in [1.54, 1.807) is 11.3 Å². The van der Waals surface area contributed by atoms with Crippen LogP contribution in [0.3, 0.4) is 0 Å². The monoisotopic (exact) mass is 298 g/mol. The second-order valence-electron chi connectivity index (χ2n) is 4.61. The SMILES string of the molecule is Cc1cc(C)nc(N=C(N)Nc2ccc3ncsc3c2)n1. The van der Waals surface area contributed by atoms with Gasteiger partial charge in [0, 0.05) is 17.1 Å². The molecule has 0 saturated carbocycles. The van der Waals surface area contributed by atoms with Crippen LogP contribution in [0.15, 0.2) is 34.8 Å². The van der Waals surface area contributed by atoms with Crippen molar-refractivity contribution in [3.05, 3.63) is 41.2 Å². The zero-order valence-electron chi connectivity index (χ0n) is 11.7. The topological polar surface area (TPSA) is 89.1 Å². The van der Waals surface area contributed by atoms with E-state index < -0.39 is 0 Å². The summed E-state index contributed by atoms with van der Waals surface area (Å²) in [7, 11) is 0. The van der Waals surface area contributed by atoms with Gasteiger partial charge >= 0.3 is 0 Å². The van der Waals surface area contributed by atoms with E-state index in [1.165, 1.54) is 0 Å². The summed E-state index contributed by atoms with van der Waals surface area (Å²) in [5, 5.41) is 3.04.